The summed E-state index contributed by atoms with van der Waals surface area (Å²) in [5.74, 6) is 0.493. The number of rotatable bonds is 5. The molecule has 1 saturated heterocycles. The van der Waals surface area contributed by atoms with Gasteiger partial charge in [0.15, 0.2) is 0 Å². The van der Waals surface area contributed by atoms with Crippen molar-refractivity contribution in [3.8, 4) is 5.75 Å². The van der Waals surface area contributed by atoms with Crippen LogP contribution in [-0.2, 0) is 9.63 Å². The number of nitrogens with zero attached hydrogens (tertiary/aromatic N) is 1. The van der Waals surface area contributed by atoms with Gasteiger partial charge in [-0.05, 0) is 29.8 Å². The van der Waals surface area contributed by atoms with Crippen LogP contribution in [0.5, 0.6) is 5.75 Å². The zero-order valence-electron chi connectivity index (χ0n) is 15.6. The van der Waals surface area contributed by atoms with E-state index in [1.165, 1.54) is 0 Å². The largest absolute Gasteiger partial charge is 0.495 e. The Kier molecular flexibility index (Phi) is 5.26. The zero-order valence-corrected chi connectivity index (χ0v) is 15.6. The monoisotopic (exact) mass is 374 g/mol. The van der Waals surface area contributed by atoms with Gasteiger partial charge in [0.25, 0.3) is 0 Å². The van der Waals surface area contributed by atoms with E-state index in [1.807, 2.05) is 84.9 Å². The van der Waals surface area contributed by atoms with Gasteiger partial charge in [-0.2, -0.15) is 0 Å². The molecule has 0 saturated carbocycles. The Balaban J connectivity index is 1.61. The van der Waals surface area contributed by atoms with Crippen LogP contribution in [0.4, 0.5) is 11.4 Å². The van der Waals surface area contributed by atoms with Gasteiger partial charge in [0.05, 0.1) is 18.5 Å². The first kappa shape index (κ1) is 18.1. The molecule has 5 heteroatoms. The van der Waals surface area contributed by atoms with Gasteiger partial charge < -0.3 is 10.1 Å². The fraction of sp³-hybridized carbons (Fsp3) is 0.174. The molecule has 0 radical (unpaired) electrons. The third-order valence-corrected chi connectivity index (χ3v) is 4.81. The van der Waals surface area contributed by atoms with E-state index in [9.17, 15) is 4.79 Å². The molecule has 4 rings (SSSR count). The summed E-state index contributed by atoms with van der Waals surface area (Å²) in [5, 5.41) is 4.70. The van der Waals surface area contributed by atoms with Gasteiger partial charge in [0, 0.05) is 6.42 Å². The number of carbonyl (C=O) groups excluding carboxylic acids is 1. The highest BCUT2D eigenvalue weighted by molar-refractivity contribution is 5.98. The summed E-state index contributed by atoms with van der Waals surface area (Å²) >= 11 is 0. The lowest BCUT2D eigenvalue weighted by Crippen LogP contribution is -2.39. The van der Waals surface area contributed by atoms with E-state index in [4.69, 9.17) is 9.57 Å². The third kappa shape index (κ3) is 3.70. The lowest BCUT2D eigenvalue weighted by molar-refractivity contribution is -0.117. The van der Waals surface area contributed by atoms with E-state index < -0.39 is 6.04 Å². The number of methoxy groups -OCH3 is 1. The van der Waals surface area contributed by atoms with Crippen LogP contribution in [0.15, 0.2) is 84.9 Å². The van der Waals surface area contributed by atoms with E-state index >= 15 is 0 Å². The molecule has 0 bridgehead atoms. The first-order chi connectivity index (χ1) is 13.8. The number of benzene rings is 3. The second-order valence-corrected chi connectivity index (χ2v) is 6.61. The fourth-order valence-corrected chi connectivity index (χ4v) is 3.41. The summed E-state index contributed by atoms with van der Waals surface area (Å²) in [6.07, 6.45) is 0.370. The average molecular weight is 374 g/mol. The number of carbonyl (C=O) groups is 1. The summed E-state index contributed by atoms with van der Waals surface area (Å²) in [4.78, 5) is 19.4. The number of nitrogens with one attached hydrogen (secondary N) is 1. The Morgan fingerprint density at radius 3 is 2.32 bits per heavy atom. The molecule has 142 valence electrons. The zero-order chi connectivity index (χ0) is 19.3. The molecular formula is C23H22N2O3. The number of para-hydroxylation sites is 3. The van der Waals surface area contributed by atoms with E-state index in [0.29, 0.717) is 17.9 Å². The molecular weight excluding hydrogens is 352 g/mol. The van der Waals surface area contributed by atoms with Crippen LogP contribution in [0.2, 0.25) is 0 Å². The highest BCUT2D eigenvalue weighted by Gasteiger charge is 2.39. The third-order valence-electron chi connectivity index (χ3n) is 4.81. The van der Waals surface area contributed by atoms with Crippen LogP contribution in [0.1, 0.15) is 18.1 Å². The lowest BCUT2D eigenvalue weighted by atomic mass is 10.0. The molecule has 1 N–H and O–H groups in total. The molecule has 5 nitrogen and oxygen atoms in total. The Labute approximate surface area is 164 Å². The second kappa shape index (κ2) is 8.15. The molecule has 3 aromatic rings. The minimum atomic E-state index is -0.461. The highest BCUT2D eigenvalue weighted by Crippen LogP contribution is 2.37. The maximum absolute atomic E-state index is 13.2. The first-order valence-corrected chi connectivity index (χ1v) is 9.26. The van der Waals surface area contributed by atoms with Gasteiger partial charge in [-0.1, -0.05) is 60.7 Å². The predicted octanol–water partition coefficient (Wildman–Crippen LogP) is 4.59. The summed E-state index contributed by atoms with van der Waals surface area (Å²) in [5.41, 5.74) is 2.54. The second-order valence-electron chi connectivity index (χ2n) is 6.61. The molecule has 1 aliphatic heterocycles. The number of amides is 1. The molecule has 0 spiro atoms. The Morgan fingerprint density at radius 1 is 0.964 bits per heavy atom. The van der Waals surface area contributed by atoms with Crippen LogP contribution < -0.4 is 15.1 Å². The molecule has 1 heterocycles. The van der Waals surface area contributed by atoms with Crippen molar-refractivity contribution in [2.45, 2.75) is 18.6 Å². The molecule has 1 aliphatic rings. The Hall–Kier alpha value is -3.31. The average Bonchev–Trinajstić information content (AvgIpc) is 3.21. The maximum atomic E-state index is 13.2. The van der Waals surface area contributed by atoms with Crippen molar-refractivity contribution >= 4 is 17.3 Å². The number of hydrogen-bond donors (Lipinski definition) is 1. The van der Waals surface area contributed by atoms with Crippen molar-refractivity contribution in [3.05, 3.63) is 90.5 Å². The van der Waals surface area contributed by atoms with E-state index in [1.54, 1.807) is 12.2 Å². The quantitative estimate of drug-likeness (QED) is 0.710. The smallest absolute Gasteiger partial charge is 0.249 e. The SMILES string of the molecule is COc1ccccc1NC(=O)C1CC(c2ccccc2)ON1c1ccccc1. The molecule has 1 amide bonds. The van der Waals surface area contributed by atoms with E-state index in [2.05, 4.69) is 5.32 Å². The van der Waals surface area contributed by atoms with Crippen molar-refractivity contribution < 1.29 is 14.4 Å². The Bertz CT molecular complexity index is 931. The van der Waals surface area contributed by atoms with Gasteiger partial charge in [-0.15, -0.1) is 0 Å². The number of ether oxygens (including phenoxy) is 1. The van der Waals surface area contributed by atoms with Gasteiger partial charge in [0.2, 0.25) is 5.91 Å². The van der Waals surface area contributed by atoms with Gasteiger partial charge in [0.1, 0.15) is 17.9 Å². The number of hydrogen-bond acceptors (Lipinski definition) is 4. The maximum Gasteiger partial charge on any atom is 0.249 e. The van der Waals surface area contributed by atoms with Crippen molar-refractivity contribution in [1.29, 1.82) is 0 Å². The summed E-state index contributed by atoms with van der Waals surface area (Å²) in [6.45, 7) is 0. The normalized spacial score (nSPS) is 18.7. The van der Waals surface area contributed by atoms with Crippen LogP contribution in [0.3, 0.4) is 0 Å². The standard InChI is InChI=1S/C23H22N2O3/c1-27-21-15-9-8-14-19(21)24-23(26)20-16-22(17-10-4-2-5-11-17)28-25(20)18-12-6-3-7-13-18/h2-15,20,22H,16H2,1H3,(H,24,26). The number of hydroxylamine groups is 1. The van der Waals surface area contributed by atoms with Crippen molar-refractivity contribution in [2.24, 2.45) is 0 Å². The minimum Gasteiger partial charge on any atom is -0.495 e. The minimum absolute atomic E-state index is 0.133. The van der Waals surface area contributed by atoms with Gasteiger partial charge in [-0.3, -0.25) is 9.63 Å². The van der Waals surface area contributed by atoms with Crippen LogP contribution in [-0.4, -0.2) is 19.1 Å². The van der Waals surface area contributed by atoms with Crippen LogP contribution in [0.25, 0.3) is 0 Å². The first-order valence-electron chi connectivity index (χ1n) is 9.26. The molecule has 0 aromatic heterocycles. The summed E-state index contributed by atoms with van der Waals surface area (Å²) in [6, 6.07) is 26.6. The molecule has 0 aliphatic carbocycles. The predicted molar refractivity (Wildman–Crippen MR) is 109 cm³/mol. The van der Waals surface area contributed by atoms with Crippen LogP contribution >= 0.6 is 0 Å². The van der Waals surface area contributed by atoms with E-state index in [0.717, 1.165) is 11.3 Å². The fourth-order valence-electron chi connectivity index (χ4n) is 3.41. The highest BCUT2D eigenvalue weighted by atomic mass is 16.7. The van der Waals surface area contributed by atoms with Crippen molar-refractivity contribution in [2.75, 3.05) is 17.5 Å². The van der Waals surface area contributed by atoms with Crippen molar-refractivity contribution in [3.63, 3.8) is 0 Å². The summed E-state index contributed by atoms with van der Waals surface area (Å²) in [7, 11) is 1.59. The molecule has 2 unspecified atom stereocenters. The molecule has 2 atom stereocenters. The number of anilines is 2. The van der Waals surface area contributed by atoms with Gasteiger partial charge in [-0.25, -0.2) is 5.06 Å². The Morgan fingerprint density at radius 2 is 1.61 bits per heavy atom. The van der Waals surface area contributed by atoms with E-state index in [-0.39, 0.29) is 12.0 Å². The van der Waals surface area contributed by atoms with Crippen LogP contribution in [0, 0.1) is 0 Å². The molecule has 28 heavy (non-hydrogen) atoms. The molecule has 1 fully saturated rings. The van der Waals surface area contributed by atoms with Gasteiger partial charge >= 0.3 is 0 Å². The topological polar surface area (TPSA) is 50.8 Å². The molecule has 3 aromatic carbocycles. The summed E-state index contributed by atoms with van der Waals surface area (Å²) < 4.78 is 5.35. The van der Waals surface area contributed by atoms with Crippen molar-refractivity contribution in [1.82, 2.24) is 0 Å². The lowest BCUT2D eigenvalue weighted by Gasteiger charge is -2.24.